The van der Waals surface area contributed by atoms with Crippen LogP contribution in [0, 0.1) is 17.1 Å². The molecule has 5 nitrogen and oxygen atoms in total. The van der Waals surface area contributed by atoms with Crippen molar-refractivity contribution in [3.8, 4) is 6.07 Å². The lowest BCUT2D eigenvalue weighted by atomic mass is 10.2. The summed E-state index contributed by atoms with van der Waals surface area (Å²) in [4.78, 5) is 7.64. The predicted octanol–water partition coefficient (Wildman–Crippen LogP) is 1.81. The summed E-state index contributed by atoms with van der Waals surface area (Å²) in [6, 6.07) is 7.59. The molecular weight excluding hydrogens is 221 g/mol. The molecule has 0 amide bonds. The number of nitrogens with zero attached hydrogens (tertiary/aromatic N) is 3. The standard InChI is InChI=1S/C11H8FN5/c12-8-2-1-3-9(7(8)5-13)17-11-4-10(14)15-6-16-11/h1-4,6H,(H3,14,15,16,17). The summed E-state index contributed by atoms with van der Waals surface area (Å²) in [5.41, 5.74) is 5.76. The molecule has 0 saturated carbocycles. The van der Waals surface area contributed by atoms with Gasteiger partial charge in [-0.15, -0.1) is 0 Å². The molecule has 3 N–H and O–H groups in total. The maximum Gasteiger partial charge on any atom is 0.143 e. The lowest BCUT2D eigenvalue weighted by molar-refractivity contribution is 0.624. The molecule has 1 heterocycles. The van der Waals surface area contributed by atoms with Gasteiger partial charge < -0.3 is 11.1 Å². The van der Waals surface area contributed by atoms with Gasteiger partial charge in [0.15, 0.2) is 0 Å². The van der Waals surface area contributed by atoms with E-state index in [0.717, 1.165) is 0 Å². The van der Waals surface area contributed by atoms with Gasteiger partial charge in [-0.25, -0.2) is 14.4 Å². The van der Waals surface area contributed by atoms with Gasteiger partial charge in [-0.2, -0.15) is 5.26 Å². The van der Waals surface area contributed by atoms with Gasteiger partial charge in [0.25, 0.3) is 0 Å². The minimum absolute atomic E-state index is 0.0651. The molecule has 0 aliphatic rings. The molecule has 6 heteroatoms. The van der Waals surface area contributed by atoms with Crippen molar-refractivity contribution in [2.75, 3.05) is 11.1 Å². The number of rotatable bonds is 2. The molecule has 84 valence electrons. The summed E-state index contributed by atoms with van der Waals surface area (Å²) in [7, 11) is 0. The predicted molar refractivity (Wildman–Crippen MR) is 60.8 cm³/mol. The number of halogens is 1. The zero-order valence-electron chi connectivity index (χ0n) is 8.68. The van der Waals surface area contributed by atoms with Crippen molar-refractivity contribution in [2.45, 2.75) is 0 Å². The van der Waals surface area contributed by atoms with Gasteiger partial charge >= 0.3 is 0 Å². The molecule has 0 radical (unpaired) electrons. The Morgan fingerprint density at radius 2 is 2.18 bits per heavy atom. The van der Waals surface area contributed by atoms with Crippen LogP contribution in [-0.4, -0.2) is 9.97 Å². The van der Waals surface area contributed by atoms with E-state index >= 15 is 0 Å². The fourth-order valence-electron chi connectivity index (χ4n) is 1.32. The van der Waals surface area contributed by atoms with Crippen LogP contribution in [0.4, 0.5) is 21.7 Å². The first kappa shape index (κ1) is 10.8. The van der Waals surface area contributed by atoms with E-state index in [2.05, 4.69) is 15.3 Å². The Bertz CT molecular complexity index is 591. The summed E-state index contributed by atoms with van der Waals surface area (Å²) in [5, 5.41) is 11.7. The van der Waals surface area contributed by atoms with E-state index in [1.54, 1.807) is 12.1 Å². The first-order valence-corrected chi connectivity index (χ1v) is 4.74. The lowest BCUT2D eigenvalue weighted by Gasteiger charge is -2.07. The summed E-state index contributed by atoms with van der Waals surface area (Å²) >= 11 is 0. The molecule has 2 rings (SSSR count). The van der Waals surface area contributed by atoms with Gasteiger partial charge in [-0.3, -0.25) is 0 Å². The van der Waals surface area contributed by atoms with Gasteiger partial charge in [-0.05, 0) is 12.1 Å². The number of nitrogen functional groups attached to an aromatic ring is 1. The van der Waals surface area contributed by atoms with Gasteiger partial charge in [0.1, 0.15) is 35.4 Å². The highest BCUT2D eigenvalue weighted by atomic mass is 19.1. The number of anilines is 3. The van der Waals surface area contributed by atoms with Gasteiger partial charge in [0.2, 0.25) is 0 Å². The Morgan fingerprint density at radius 3 is 2.88 bits per heavy atom. The van der Waals surface area contributed by atoms with Crippen molar-refractivity contribution in [1.29, 1.82) is 5.26 Å². The van der Waals surface area contributed by atoms with E-state index < -0.39 is 5.82 Å². The second-order valence-electron chi connectivity index (χ2n) is 3.23. The average Bonchev–Trinajstić information content (AvgIpc) is 2.29. The Morgan fingerprint density at radius 1 is 1.35 bits per heavy atom. The zero-order chi connectivity index (χ0) is 12.3. The molecule has 0 unspecified atom stereocenters. The summed E-state index contributed by atoms with van der Waals surface area (Å²) < 4.78 is 13.3. The van der Waals surface area contributed by atoms with E-state index in [-0.39, 0.29) is 11.4 Å². The van der Waals surface area contributed by atoms with Gasteiger partial charge in [0.05, 0.1) is 5.69 Å². The van der Waals surface area contributed by atoms with E-state index in [1.807, 2.05) is 0 Å². The highest BCUT2D eigenvalue weighted by Crippen LogP contribution is 2.21. The summed E-state index contributed by atoms with van der Waals surface area (Å²) in [5.74, 6) is 0.108. The second-order valence-corrected chi connectivity index (χ2v) is 3.23. The van der Waals surface area contributed by atoms with Crippen LogP contribution in [0.25, 0.3) is 0 Å². The Hall–Kier alpha value is -2.68. The maximum atomic E-state index is 13.3. The number of nitrogens with one attached hydrogen (secondary N) is 1. The molecule has 1 aromatic heterocycles. The highest BCUT2D eigenvalue weighted by Gasteiger charge is 2.08. The van der Waals surface area contributed by atoms with Crippen LogP contribution < -0.4 is 11.1 Å². The number of nitrogens with two attached hydrogens (primary N) is 1. The van der Waals surface area contributed by atoms with E-state index in [0.29, 0.717) is 11.5 Å². The number of nitriles is 1. The quantitative estimate of drug-likeness (QED) is 0.819. The van der Waals surface area contributed by atoms with Crippen LogP contribution in [0.15, 0.2) is 30.6 Å². The molecule has 0 aliphatic carbocycles. The van der Waals surface area contributed by atoms with Crippen molar-refractivity contribution < 1.29 is 4.39 Å². The lowest BCUT2D eigenvalue weighted by Crippen LogP contribution is -2.00. The number of benzene rings is 1. The summed E-state index contributed by atoms with van der Waals surface area (Å²) in [6.45, 7) is 0. The monoisotopic (exact) mass is 229 g/mol. The van der Waals surface area contributed by atoms with Crippen LogP contribution in [0.5, 0.6) is 0 Å². The van der Waals surface area contributed by atoms with Crippen LogP contribution in [0.3, 0.4) is 0 Å². The second kappa shape index (κ2) is 4.45. The first-order chi connectivity index (χ1) is 8.20. The smallest absolute Gasteiger partial charge is 0.143 e. The molecule has 0 aliphatic heterocycles. The minimum Gasteiger partial charge on any atom is -0.384 e. The third-order valence-electron chi connectivity index (χ3n) is 2.08. The van der Waals surface area contributed by atoms with Crippen LogP contribution >= 0.6 is 0 Å². The van der Waals surface area contributed by atoms with Crippen LogP contribution in [-0.2, 0) is 0 Å². The SMILES string of the molecule is N#Cc1c(F)cccc1Nc1cc(N)ncn1. The molecule has 0 spiro atoms. The van der Waals surface area contributed by atoms with Crippen LogP contribution in [0.2, 0.25) is 0 Å². The third kappa shape index (κ3) is 2.29. The molecule has 17 heavy (non-hydrogen) atoms. The van der Waals surface area contributed by atoms with Gasteiger partial charge in [0, 0.05) is 6.07 Å². The number of aromatic nitrogens is 2. The molecule has 0 saturated heterocycles. The Balaban J connectivity index is 2.37. The van der Waals surface area contributed by atoms with Crippen LogP contribution in [0.1, 0.15) is 5.56 Å². The molecule has 1 aromatic carbocycles. The number of hydrogen-bond acceptors (Lipinski definition) is 5. The van der Waals surface area contributed by atoms with Crippen molar-refractivity contribution in [1.82, 2.24) is 9.97 Å². The minimum atomic E-state index is -0.584. The topological polar surface area (TPSA) is 87.6 Å². The maximum absolute atomic E-state index is 13.3. The normalized spacial score (nSPS) is 9.65. The van der Waals surface area contributed by atoms with Crippen molar-refractivity contribution in [3.63, 3.8) is 0 Å². The highest BCUT2D eigenvalue weighted by molar-refractivity contribution is 5.65. The molecule has 2 aromatic rings. The van der Waals surface area contributed by atoms with Crippen molar-refractivity contribution >= 4 is 17.3 Å². The zero-order valence-corrected chi connectivity index (χ0v) is 8.68. The fraction of sp³-hybridized carbons (Fsp3) is 0. The van der Waals surface area contributed by atoms with E-state index in [4.69, 9.17) is 11.0 Å². The number of hydrogen-bond donors (Lipinski definition) is 2. The van der Waals surface area contributed by atoms with Crippen molar-refractivity contribution in [2.24, 2.45) is 0 Å². The molecule has 0 atom stereocenters. The van der Waals surface area contributed by atoms with E-state index in [1.165, 1.54) is 24.5 Å². The Labute approximate surface area is 96.7 Å². The molecule has 0 fully saturated rings. The Kier molecular flexibility index (Phi) is 2.83. The fourth-order valence-corrected chi connectivity index (χ4v) is 1.32. The van der Waals surface area contributed by atoms with E-state index in [9.17, 15) is 4.39 Å². The summed E-state index contributed by atoms with van der Waals surface area (Å²) in [6.07, 6.45) is 1.28. The first-order valence-electron chi connectivity index (χ1n) is 4.74. The molecular formula is C11H8FN5. The largest absolute Gasteiger partial charge is 0.384 e. The third-order valence-corrected chi connectivity index (χ3v) is 2.08. The average molecular weight is 229 g/mol. The van der Waals surface area contributed by atoms with Gasteiger partial charge in [-0.1, -0.05) is 6.07 Å². The molecule has 0 bridgehead atoms. The van der Waals surface area contributed by atoms with Crippen molar-refractivity contribution in [3.05, 3.63) is 42.0 Å².